The van der Waals surface area contributed by atoms with Crippen LogP contribution in [0, 0.1) is 11.3 Å². The Balaban J connectivity index is 6.78. The molecule has 0 aromatic rings. The highest BCUT2D eigenvalue weighted by atomic mass is 28.4. The molecule has 0 aliphatic carbocycles. The standard InChI is InChI=1S/C40H91NO16Si5/c1-41(39(42)38(27-17-22-32-58(43-2,44-3)45-4)28-18-23-33-59(46-5,47-6)48-7)37-40(29-19-24-34-60(49-8,50-9)51-10,30-20-25-35-61(52-11,53-12)54-13)31-21-26-36-62(55-14,56-15)57-16/h38H,17-37H2,1-16H3. The minimum absolute atomic E-state index is 0.163. The second-order valence-electron chi connectivity index (χ2n) is 16.0. The Morgan fingerprint density at radius 3 is 0.790 bits per heavy atom. The average molecular weight is 983 g/mol. The summed E-state index contributed by atoms with van der Waals surface area (Å²) in [5.41, 5.74) is -0.192. The number of hydrogen-bond acceptors (Lipinski definition) is 16. The van der Waals surface area contributed by atoms with Gasteiger partial charge in [0.1, 0.15) is 0 Å². The summed E-state index contributed by atoms with van der Waals surface area (Å²) in [5.74, 6) is -0.00848. The van der Waals surface area contributed by atoms with Gasteiger partial charge in [0.2, 0.25) is 5.91 Å². The van der Waals surface area contributed by atoms with Gasteiger partial charge in [-0.2, -0.15) is 0 Å². The smallest absolute Gasteiger partial charge is 0.377 e. The highest BCUT2D eigenvalue weighted by molar-refractivity contribution is 6.62. The maximum atomic E-state index is 14.8. The van der Waals surface area contributed by atoms with Crippen LogP contribution in [0.25, 0.3) is 0 Å². The first-order valence-corrected chi connectivity index (χ1v) is 31.8. The lowest BCUT2D eigenvalue weighted by Crippen LogP contribution is -2.44. The second kappa shape index (κ2) is 33.4. The summed E-state index contributed by atoms with van der Waals surface area (Å²) in [6.45, 7) is 0.618. The van der Waals surface area contributed by atoms with E-state index >= 15 is 0 Å². The van der Waals surface area contributed by atoms with E-state index in [2.05, 4.69) is 0 Å². The van der Waals surface area contributed by atoms with Crippen LogP contribution >= 0.6 is 0 Å². The van der Waals surface area contributed by atoms with Crippen LogP contribution in [0.5, 0.6) is 0 Å². The van der Waals surface area contributed by atoms with Crippen molar-refractivity contribution >= 4 is 49.9 Å². The van der Waals surface area contributed by atoms with E-state index in [0.29, 0.717) is 36.8 Å². The number of rotatable bonds is 43. The molecule has 0 aromatic carbocycles. The molecule has 0 aliphatic rings. The van der Waals surface area contributed by atoms with Crippen LogP contribution < -0.4 is 0 Å². The van der Waals surface area contributed by atoms with Crippen LogP contribution in [0.4, 0.5) is 0 Å². The highest BCUT2D eigenvalue weighted by Gasteiger charge is 2.42. The molecule has 0 aromatic heterocycles. The molecule has 0 heterocycles. The summed E-state index contributed by atoms with van der Waals surface area (Å²) < 4.78 is 86.1. The molecular weight excluding hydrogens is 891 g/mol. The van der Waals surface area contributed by atoms with E-state index in [0.717, 1.165) is 96.3 Å². The second-order valence-corrected chi connectivity index (χ2v) is 31.4. The van der Waals surface area contributed by atoms with Gasteiger partial charge in [0.15, 0.2) is 0 Å². The minimum atomic E-state index is -2.76. The highest BCUT2D eigenvalue weighted by Crippen LogP contribution is 2.40. The molecule has 0 radical (unpaired) electrons. The van der Waals surface area contributed by atoms with Gasteiger partial charge in [-0.05, 0) is 69.6 Å². The van der Waals surface area contributed by atoms with Crippen LogP contribution in [0.1, 0.15) is 96.3 Å². The zero-order valence-corrected chi connectivity index (χ0v) is 46.9. The third-order valence-corrected chi connectivity index (χ3v) is 27.0. The van der Waals surface area contributed by atoms with Crippen LogP contribution in [0.3, 0.4) is 0 Å². The summed E-state index contributed by atoms with van der Waals surface area (Å²) in [7, 11) is 12.9. The average Bonchev–Trinajstić information content (AvgIpc) is 3.32. The van der Waals surface area contributed by atoms with E-state index in [1.165, 1.54) is 0 Å². The van der Waals surface area contributed by atoms with Gasteiger partial charge in [0.05, 0.1) is 0 Å². The van der Waals surface area contributed by atoms with E-state index in [9.17, 15) is 4.79 Å². The number of amides is 1. The fourth-order valence-corrected chi connectivity index (χ4v) is 17.6. The van der Waals surface area contributed by atoms with Gasteiger partial charge < -0.3 is 71.3 Å². The SMILES string of the molecule is CO[Si](CCCCC(CCCC[Si](OC)(OC)OC)C(=O)N(C)CC(CCCC[Si](OC)(OC)OC)(CCCC[Si](OC)(OC)OC)CCCC[Si](OC)(OC)OC)(OC)OC. The molecule has 0 saturated carbocycles. The van der Waals surface area contributed by atoms with Gasteiger partial charge in [-0.3, -0.25) is 4.79 Å². The molecule has 22 heteroatoms. The van der Waals surface area contributed by atoms with Gasteiger partial charge in [-0.1, -0.05) is 32.1 Å². The van der Waals surface area contributed by atoms with Crippen LogP contribution in [0.15, 0.2) is 0 Å². The van der Waals surface area contributed by atoms with Crippen molar-refractivity contribution in [1.82, 2.24) is 4.90 Å². The maximum Gasteiger partial charge on any atom is 0.500 e. The molecule has 0 atom stereocenters. The maximum absolute atomic E-state index is 14.8. The third kappa shape index (κ3) is 20.4. The van der Waals surface area contributed by atoms with Crippen molar-refractivity contribution in [1.29, 1.82) is 0 Å². The number of unbranched alkanes of at least 4 members (excludes halogenated alkanes) is 5. The van der Waals surface area contributed by atoms with E-state index < -0.39 is 44.0 Å². The Morgan fingerprint density at radius 2 is 0.581 bits per heavy atom. The van der Waals surface area contributed by atoms with Crippen molar-refractivity contribution < 1.29 is 71.2 Å². The van der Waals surface area contributed by atoms with Gasteiger partial charge in [-0.15, -0.1) is 0 Å². The lowest BCUT2D eigenvalue weighted by molar-refractivity contribution is -0.136. The summed E-state index contributed by atoms with van der Waals surface area (Å²) >= 11 is 0. The minimum Gasteiger partial charge on any atom is -0.377 e. The monoisotopic (exact) mass is 982 g/mol. The molecule has 0 N–H and O–H groups in total. The van der Waals surface area contributed by atoms with E-state index in [1.807, 2.05) is 11.9 Å². The van der Waals surface area contributed by atoms with E-state index in [4.69, 9.17) is 66.4 Å². The molecule has 0 fully saturated rings. The molecule has 0 rings (SSSR count). The lowest BCUT2D eigenvalue weighted by Gasteiger charge is -2.39. The molecular formula is C40H91NO16Si5. The summed E-state index contributed by atoms with van der Waals surface area (Å²) in [6.07, 6.45) is 12.9. The van der Waals surface area contributed by atoms with Crippen molar-refractivity contribution in [2.45, 2.75) is 127 Å². The fourth-order valence-electron chi connectivity index (χ4n) is 8.67. The molecule has 62 heavy (non-hydrogen) atoms. The molecule has 0 bridgehead atoms. The number of nitrogens with zero attached hydrogens (tertiary/aromatic N) is 1. The summed E-state index contributed by atoms with van der Waals surface area (Å²) in [6, 6.07) is 3.47. The molecule has 0 saturated heterocycles. The van der Waals surface area contributed by atoms with E-state index in [-0.39, 0.29) is 17.2 Å². The van der Waals surface area contributed by atoms with Gasteiger partial charge in [0.25, 0.3) is 0 Å². The van der Waals surface area contributed by atoms with Gasteiger partial charge >= 0.3 is 44.0 Å². The predicted octanol–water partition coefficient (Wildman–Crippen LogP) is 7.29. The topological polar surface area (TPSA) is 159 Å². The summed E-state index contributed by atoms with van der Waals surface area (Å²) in [5, 5.41) is 0. The molecule has 0 aliphatic heterocycles. The van der Waals surface area contributed by atoms with E-state index in [1.54, 1.807) is 107 Å². The van der Waals surface area contributed by atoms with Crippen LogP contribution in [0.2, 0.25) is 30.2 Å². The number of carbonyl (C=O) groups is 1. The van der Waals surface area contributed by atoms with Crippen molar-refractivity contribution in [3.63, 3.8) is 0 Å². The predicted molar refractivity (Wildman–Crippen MR) is 251 cm³/mol. The van der Waals surface area contributed by atoms with Crippen molar-refractivity contribution in [2.75, 3.05) is 120 Å². The molecule has 17 nitrogen and oxygen atoms in total. The molecule has 0 unspecified atom stereocenters. The normalized spacial score (nSPS) is 13.4. The van der Waals surface area contributed by atoms with Crippen molar-refractivity contribution in [3.8, 4) is 0 Å². The third-order valence-electron chi connectivity index (χ3n) is 12.9. The Hall–Kier alpha value is -0.0456. The summed E-state index contributed by atoms with van der Waals surface area (Å²) in [4.78, 5) is 16.8. The molecule has 0 spiro atoms. The largest absolute Gasteiger partial charge is 0.500 e. The van der Waals surface area contributed by atoms with Gasteiger partial charge in [0, 0.05) is 156 Å². The zero-order valence-electron chi connectivity index (χ0n) is 41.9. The van der Waals surface area contributed by atoms with Crippen LogP contribution in [-0.2, 0) is 71.2 Å². The number of hydrogen-bond donors (Lipinski definition) is 0. The first-order chi connectivity index (χ1) is 29.6. The number of carbonyl (C=O) groups excluding carboxylic acids is 1. The fraction of sp³-hybridized carbons (Fsp3) is 0.975. The first-order valence-electron chi connectivity index (χ1n) is 22.2. The zero-order chi connectivity index (χ0) is 47.2. The van der Waals surface area contributed by atoms with Crippen molar-refractivity contribution in [2.24, 2.45) is 11.3 Å². The molecule has 372 valence electrons. The Bertz CT molecular complexity index is 980. The van der Waals surface area contributed by atoms with Gasteiger partial charge in [-0.25, -0.2) is 0 Å². The Morgan fingerprint density at radius 1 is 0.371 bits per heavy atom. The first kappa shape index (κ1) is 62.0. The molecule has 1 amide bonds. The lowest BCUT2D eigenvalue weighted by atomic mass is 9.73. The Labute approximate surface area is 382 Å². The van der Waals surface area contributed by atoms with Crippen molar-refractivity contribution in [3.05, 3.63) is 0 Å². The Kier molecular flexibility index (Phi) is 33.4. The quantitative estimate of drug-likeness (QED) is 0.0443. The van der Waals surface area contributed by atoms with Crippen LogP contribution in [-0.4, -0.2) is 175 Å².